The van der Waals surface area contributed by atoms with Gasteiger partial charge in [0.05, 0.1) is 25.7 Å². The molecule has 8 heteroatoms. The molecule has 1 N–H and O–H groups in total. The van der Waals surface area contributed by atoms with Crippen LogP contribution in [0.25, 0.3) is 0 Å². The van der Waals surface area contributed by atoms with E-state index in [1.165, 1.54) is 30.7 Å². The molecule has 0 bridgehead atoms. The molecule has 2 aromatic carbocycles. The summed E-state index contributed by atoms with van der Waals surface area (Å²) in [4.78, 5) is 13.1. The summed E-state index contributed by atoms with van der Waals surface area (Å²) >= 11 is 0. The van der Waals surface area contributed by atoms with Crippen molar-refractivity contribution in [2.24, 2.45) is 0 Å². The maximum absolute atomic E-state index is 13.7. The Kier molecular flexibility index (Phi) is 7.79. The van der Waals surface area contributed by atoms with Gasteiger partial charge in [-0.2, -0.15) is 4.31 Å². The first-order chi connectivity index (χ1) is 15.3. The van der Waals surface area contributed by atoms with Gasteiger partial charge < -0.3 is 14.8 Å². The Labute approximate surface area is 190 Å². The molecule has 3 rings (SSSR count). The van der Waals surface area contributed by atoms with E-state index in [0.29, 0.717) is 17.2 Å². The Morgan fingerprint density at radius 2 is 1.72 bits per heavy atom. The molecule has 0 spiro atoms. The van der Waals surface area contributed by atoms with Crippen molar-refractivity contribution in [2.45, 2.75) is 56.9 Å². The fourth-order valence-corrected chi connectivity index (χ4v) is 5.77. The van der Waals surface area contributed by atoms with Gasteiger partial charge >= 0.3 is 0 Å². The quantitative estimate of drug-likeness (QED) is 0.635. The van der Waals surface area contributed by atoms with Gasteiger partial charge in [-0.25, -0.2) is 8.42 Å². The topological polar surface area (TPSA) is 84.9 Å². The number of benzene rings is 2. The molecule has 0 heterocycles. The number of ether oxygens (including phenoxy) is 2. The van der Waals surface area contributed by atoms with Crippen LogP contribution in [0.4, 0.5) is 5.69 Å². The maximum Gasteiger partial charge on any atom is 0.243 e. The smallest absolute Gasteiger partial charge is 0.243 e. The molecule has 2 aromatic rings. The molecule has 0 atom stereocenters. The van der Waals surface area contributed by atoms with Crippen molar-refractivity contribution < 1.29 is 22.7 Å². The number of sulfonamides is 1. The highest BCUT2D eigenvalue weighted by atomic mass is 32.2. The van der Waals surface area contributed by atoms with E-state index >= 15 is 0 Å². The predicted molar refractivity (Wildman–Crippen MR) is 125 cm³/mol. The van der Waals surface area contributed by atoms with Gasteiger partial charge in [0.25, 0.3) is 0 Å². The molecule has 1 fully saturated rings. The Morgan fingerprint density at radius 3 is 2.38 bits per heavy atom. The molecule has 1 aliphatic rings. The summed E-state index contributed by atoms with van der Waals surface area (Å²) in [5.41, 5.74) is 2.72. The van der Waals surface area contributed by atoms with Crippen LogP contribution in [-0.4, -0.2) is 45.4 Å². The number of anilines is 1. The highest BCUT2D eigenvalue weighted by Crippen LogP contribution is 2.33. The zero-order valence-corrected chi connectivity index (χ0v) is 20.0. The monoisotopic (exact) mass is 460 g/mol. The van der Waals surface area contributed by atoms with Crippen molar-refractivity contribution in [3.63, 3.8) is 0 Å². The third kappa shape index (κ3) is 5.24. The van der Waals surface area contributed by atoms with Crippen LogP contribution in [0.2, 0.25) is 0 Å². The van der Waals surface area contributed by atoms with Gasteiger partial charge in [0.1, 0.15) is 0 Å². The molecule has 1 aliphatic carbocycles. The minimum Gasteiger partial charge on any atom is -0.493 e. The van der Waals surface area contributed by atoms with Crippen LogP contribution in [0, 0.1) is 13.8 Å². The van der Waals surface area contributed by atoms with Crippen molar-refractivity contribution in [1.29, 1.82) is 0 Å². The third-order valence-electron chi connectivity index (χ3n) is 6.12. The van der Waals surface area contributed by atoms with Crippen LogP contribution in [0.3, 0.4) is 0 Å². The van der Waals surface area contributed by atoms with Gasteiger partial charge in [-0.3, -0.25) is 4.79 Å². The molecular weight excluding hydrogens is 428 g/mol. The zero-order chi connectivity index (χ0) is 23.3. The number of nitrogens with zero attached hydrogens (tertiary/aromatic N) is 1. The number of nitrogens with one attached hydrogen (secondary N) is 1. The Bertz CT molecular complexity index is 1060. The lowest BCUT2D eigenvalue weighted by Gasteiger charge is -2.33. The molecule has 7 nitrogen and oxygen atoms in total. The fourth-order valence-electron chi connectivity index (χ4n) is 4.11. The van der Waals surface area contributed by atoms with Crippen molar-refractivity contribution in [3.8, 4) is 11.5 Å². The second kappa shape index (κ2) is 10.4. The molecule has 0 aliphatic heterocycles. The van der Waals surface area contributed by atoms with Crippen LogP contribution >= 0.6 is 0 Å². The van der Waals surface area contributed by atoms with Gasteiger partial charge in [0.15, 0.2) is 11.5 Å². The average Bonchev–Trinajstić information content (AvgIpc) is 2.80. The van der Waals surface area contributed by atoms with E-state index in [9.17, 15) is 13.2 Å². The number of hydrogen-bond acceptors (Lipinski definition) is 5. The normalized spacial score (nSPS) is 14.9. The summed E-state index contributed by atoms with van der Waals surface area (Å²) in [5.74, 6) is 0.425. The molecule has 174 valence electrons. The molecule has 1 saturated carbocycles. The number of aryl methyl sites for hydroxylation is 1. The molecule has 0 aromatic heterocycles. The summed E-state index contributed by atoms with van der Waals surface area (Å²) in [7, 11) is -0.966. The Hall–Kier alpha value is -2.58. The lowest BCUT2D eigenvalue weighted by atomic mass is 9.95. The van der Waals surface area contributed by atoms with Crippen molar-refractivity contribution in [2.75, 3.05) is 26.1 Å². The third-order valence-corrected chi connectivity index (χ3v) is 8.02. The van der Waals surface area contributed by atoms with Crippen LogP contribution < -0.4 is 14.8 Å². The summed E-state index contributed by atoms with van der Waals surface area (Å²) < 4.78 is 39.2. The zero-order valence-electron chi connectivity index (χ0n) is 19.2. The molecule has 0 saturated heterocycles. The van der Waals surface area contributed by atoms with Gasteiger partial charge in [-0.1, -0.05) is 31.4 Å². The van der Waals surface area contributed by atoms with Gasteiger partial charge in [0.2, 0.25) is 15.9 Å². The Morgan fingerprint density at radius 1 is 1.03 bits per heavy atom. The van der Waals surface area contributed by atoms with E-state index in [1.54, 1.807) is 6.07 Å². The standard InChI is InChI=1S/C24H32N2O5S/c1-17-9-8-12-21(18(17)2)25-24(27)16-26(19-10-6-5-7-11-19)32(28,29)20-13-14-22(30-3)23(15-20)31-4/h8-9,12-15,19H,5-7,10-11,16H2,1-4H3,(H,25,27). The molecular formula is C24H32N2O5S. The van der Waals surface area contributed by atoms with E-state index in [2.05, 4.69) is 5.32 Å². The summed E-state index contributed by atoms with van der Waals surface area (Å²) in [6, 6.07) is 9.97. The van der Waals surface area contributed by atoms with Gasteiger partial charge in [-0.15, -0.1) is 0 Å². The van der Waals surface area contributed by atoms with Crippen LogP contribution in [0.1, 0.15) is 43.2 Å². The number of amides is 1. The van der Waals surface area contributed by atoms with E-state index in [0.717, 1.165) is 43.2 Å². The van der Waals surface area contributed by atoms with Gasteiger partial charge in [-0.05, 0) is 56.0 Å². The number of rotatable bonds is 8. The SMILES string of the molecule is COc1ccc(S(=O)(=O)N(CC(=O)Nc2cccc(C)c2C)C2CCCCC2)cc1OC. The van der Waals surface area contributed by atoms with Crippen LogP contribution in [-0.2, 0) is 14.8 Å². The average molecular weight is 461 g/mol. The van der Waals surface area contributed by atoms with Crippen molar-refractivity contribution in [3.05, 3.63) is 47.5 Å². The van der Waals surface area contributed by atoms with Crippen molar-refractivity contribution >= 4 is 21.6 Å². The van der Waals surface area contributed by atoms with E-state index < -0.39 is 10.0 Å². The lowest BCUT2D eigenvalue weighted by Crippen LogP contribution is -2.45. The second-order valence-electron chi connectivity index (χ2n) is 8.15. The predicted octanol–water partition coefficient (Wildman–Crippen LogP) is 4.28. The Balaban J connectivity index is 1.91. The molecule has 0 unspecified atom stereocenters. The van der Waals surface area contributed by atoms with Gasteiger partial charge in [0, 0.05) is 17.8 Å². The largest absolute Gasteiger partial charge is 0.493 e. The van der Waals surface area contributed by atoms with Crippen LogP contribution in [0.15, 0.2) is 41.3 Å². The first-order valence-corrected chi connectivity index (χ1v) is 12.3. The summed E-state index contributed by atoms with van der Waals surface area (Å²) in [5, 5.41) is 2.90. The maximum atomic E-state index is 13.7. The minimum absolute atomic E-state index is 0.0836. The van der Waals surface area contributed by atoms with E-state index in [-0.39, 0.29) is 23.4 Å². The summed E-state index contributed by atoms with van der Waals surface area (Å²) in [6.07, 6.45) is 4.45. The molecule has 1 amide bonds. The first-order valence-electron chi connectivity index (χ1n) is 10.9. The highest BCUT2D eigenvalue weighted by molar-refractivity contribution is 7.89. The summed E-state index contributed by atoms with van der Waals surface area (Å²) in [6.45, 7) is 3.67. The number of methoxy groups -OCH3 is 2. The fraction of sp³-hybridized carbons (Fsp3) is 0.458. The van der Waals surface area contributed by atoms with Crippen molar-refractivity contribution in [1.82, 2.24) is 4.31 Å². The van der Waals surface area contributed by atoms with E-state index in [4.69, 9.17) is 9.47 Å². The lowest BCUT2D eigenvalue weighted by molar-refractivity contribution is -0.116. The molecule has 32 heavy (non-hydrogen) atoms. The van der Waals surface area contributed by atoms with Crippen LogP contribution in [0.5, 0.6) is 11.5 Å². The number of carbonyl (C=O) groups is 1. The highest BCUT2D eigenvalue weighted by Gasteiger charge is 2.34. The van der Waals surface area contributed by atoms with E-state index in [1.807, 2.05) is 32.0 Å². The number of hydrogen-bond donors (Lipinski definition) is 1. The first kappa shape index (κ1) is 24.1. The molecule has 0 radical (unpaired) electrons. The number of carbonyl (C=O) groups excluding carboxylic acids is 1. The second-order valence-corrected chi connectivity index (χ2v) is 10.0. The minimum atomic E-state index is -3.93.